The van der Waals surface area contributed by atoms with Gasteiger partial charge in [-0.05, 0) is 31.5 Å². The molecule has 0 aliphatic carbocycles. The van der Waals surface area contributed by atoms with E-state index < -0.39 is 57.3 Å². The first-order chi connectivity index (χ1) is 15.1. The summed E-state index contributed by atoms with van der Waals surface area (Å²) in [4.78, 5) is 13.9. The molecule has 1 saturated heterocycles. The lowest BCUT2D eigenvalue weighted by atomic mass is 10.1. The van der Waals surface area contributed by atoms with E-state index in [1.54, 1.807) is 0 Å². The first-order valence-corrected chi connectivity index (χ1v) is 11.2. The Labute approximate surface area is 183 Å². The van der Waals surface area contributed by atoms with E-state index in [9.17, 15) is 39.6 Å². The van der Waals surface area contributed by atoms with Crippen molar-refractivity contribution >= 4 is 15.7 Å². The van der Waals surface area contributed by atoms with Crippen LogP contribution in [-0.2, 0) is 16.0 Å². The third-order valence-corrected chi connectivity index (χ3v) is 5.99. The number of carbonyl (C=O) groups excluding carboxylic acids is 1. The fourth-order valence-corrected chi connectivity index (χ4v) is 3.74. The van der Waals surface area contributed by atoms with Gasteiger partial charge in [-0.2, -0.15) is 26.3 Å². The highest BCUT2D eigenvalue weighted by Crippen LogP contribution is 2.34. The van der Waals surface area contributed by atoms with Crippen LogP contribution < -0.4 is 4.74 Å². The predicted molar refractivity (Wildman–Crippen MR) is 98.3 cm³/mol. The number of halogens is 6. The lowest BCUT2D eigenvalue weighted by Crippen LogP contribution is -2.33. The summed E-state index contributed by atoms with van der Waals surface area (Å²) >= 11 is 0. The SMILES string of the molecule is C[C@H](Oc1ccc(S(C)(=O)=O)cc1C(=O)N1CCC(c2nnc(C(F)(F)F)o2)C1)C(F)(F)F. The zero-order chi connectivity index (χ0) is 24.8. The summed E-state index contributed by atoms with van der Waals surface area (Å²) in [5, 5.41) is 6.29. The lowest BCUT2D eigenvalue weighted by molar-refractivity contribution is -0.189. The molecule has 33 heavy (non-hydrogen) atoms. The molecule has 0 saturated carbocycles. The monoisotopic (exact) mass is 501 g/mol. The van der Waals surface area contributed by atoms with E-state index in [-0.39, 0.29) is 30.3 Å². The molecule has 0 N–H and O–H groups in total. The Morgan fingerprint density at radius 1 is 1.21 bits per heavy atom. The average molecular weight is 501 g/mol. The second kappa shape index (κ2) is 8.50. The Morgan fingerprint density at radius 2 is 1.88 bits per heavy atom. The number of sulfone groups is 1. The molecular formula is C18H17F6N3O5S. The standard InChI is InChI=1S/C18H17F6N3O5S/c1-9(17(19,20)21)31-13-4-3-11(33(2,29)30)7-12(13)15(28)27-6-5-10(8-27)14-25-26-16(32-14)18(22,23)24/h3-4,7,9-10H,5-6,8H2,1-2H3/t9-,10?/m0/s1. The number of nitrogens with zero attached hydrogens (tertiary/aromatic N) is 3. The van der Waals surface area contributed by atoms with Crippen LogP contribution in [0, 0.1) is 0 Å². The summed E-state index contributed by atoms with van der Waals surface area (Å²) in [5.74, 6) is -3.97. The van der Waals surface area contributed by atoms with E-state index in [4.69, 9.17) is 4.74 Å². The van der Waals surface area contributed by atoms with Crippen molar-refractivity contribution in [3.05, 3.63) is 35.5 Å². The van der Waals surface area contributed by atoms with Crippen molar-refractivity contribution < 1.29 is 48.7 Å². The van der Waals surface area contributed by atoms with Crippen molar-refractivity contribution in [2.24, 2.45) is 0 Å². The van der Waals surface area contributed by atoms with Crippen molar-refractivity contribution in [3.63, 3.8) is 0 Å². The van der Waals surface area contributed by atoms with E-state index >= 15 is 0 Å². The summed E-state index contributed by atoms with van der Waals surface area (Å²) in [6, 6.07) is 2.86. The zero-order valence-corrected chi connectivity index (χ0v) is 17.9. The van der Waals surface area contributed by atoms with Crippen LogP contribution in [0.1, 0.15) is 41.4 Å². The predicted octanol–water partition coefficient (Wildman–Crippen LogP) is 3.45. The maximum absolute atomic E-state index is 13.0. The highest BCUT2D eigenvalue weighted by atomic mass is 32.2. The summed E-state index contributed by atoms with van der Waals surface area (Å²) < 4.78 is 110. The molecule has 1 fully saturated rings. The Hall–Kier alpha value is -2.84. The summed E-state index contributed by atoms with van der Waals surface area (Å²) in [7, 11) is -3.81. The van der Waals surface area contributed by atoms with Gasteiger partial charge in [0.2, 0.25) is 5.89 Å². The topological polar surface area (TPSA) is 103 Å². The third-order valence-electron chi connectivity index (χ3n) is 4.88. The van der Waals surface area contributed by atoms with Gasteiger partial charge in [0.15, 0.2) is 15.9 Å². The summed E-state index contributed by atoms with van der Waals surface area (Å²) in [5.41, 5.74) is -0.434. The van der Waals surface area contributed by atoms with Crippen LogP contribution in [0.3, 0.4) is 0 Å². The number of ether oxygens (including phenoxy) is 1. The maximum Gasteiger partial charge on any atom is 0.470 e. The molecule has 1 aliphatic rings. The van der Waals surface area contributed by atoms with Crippen LogP contribution in [0.4, 0.5) is 26.3 Å². The van der Waals surface area contributed by atoms with Crippen LogP contribution in [-0.4, -0.2) is 61.0 Å². The zero-order valence-electron chi connectivity index (χ0n) is 17.1. The molecule has 2 aromatic rings. The molecule has 1 aliphatic heterocycles. The average Bonchev–Trinajstić information content (AvgIpc) is 3.35. The molecular weight excluding hydrogens is 484 g/mol. The fraction of sp³-hybridized carbons (Fsp3) is 0.500. The number of hydrogen-bond donors (Lipinski definition) is 0. The molecule has 2 heterocycles. The van der Waals surface area contributed by atoms with Crippen molar-refractivity contribution in [1.29, 1.82) is 0 Å². The minimum absolute atomic E-state index is 0.00456. The van der Waals surface area contributed by atoms with E-state index in [0.29, 0.717) is 0 Å². The second-order valence-corrected chi connectivity index (χ2v) is 9.43. The van der Waals surface area contributed by atoms with E-state index in [0.717, 1.165) is 36.3 Å². The largest absolute Gasteiger partial charge is 0.480 e. The van der Waals surface area contributed by atoms with Crippen molar-refractivity contribution in [1.82, 2.24) is 15.1 Å². The number of rotatable bonds is 5. The van der Waals surface area contributed by atoms with E-state index in [2.05, 4.69) is 14.6 Å². The van der Waals surface area contributed by atoms with E-state index in [1.807, 2.05) is 0 Å². The first kappa shape index (κ1) is 24.8. The van der Waals surface area contributed by atoms with Gasteiger partial charge in [-0.25, -0.2) is 8.42 Å². The molecule has 1 amide bonds. The number of hydrogen-bond acceptors (Lipinski definition) is 7. The van der Waals surface area contributed by atoms with Crippen molar-refractivity contribution in [3.8, 4) is 5.75 Å². The molecule has 0 radical (unpaired) electrons. The van der Waals surface area contributed by atoms with Crippen LogP contribution >= 0.6 is 0 Å². The van der Waals surface area contributed by atoms with Gasteiger partial charge in [0.1, 0.15) is 5.75 Å². The molecule has 1 aromatic carbocycles. The molecule has 3 rings (SSSR count). The normalized spacial score (nSPS) is 18.4. The number of aromatic nitrogens is 2. The van der Waals surface area contributed by atoms with Crippen molar-refractivity contribution in [2.45, 2.75) is 42.6 Å². The molecule has 1 aromatic heterocycles. The fourth-order valence-electron chi connectivity index (χ4n) is 3.10. The molecule has 0 spiro atoms. The first-order valence-electron chi connectivity index (χ1n) is 9.34. The third kappa shape index (κ3) is 5.57. The molecule has 15 heteroatoms. The number of amides is 1. The number of alkyl halides is 6. The Kier molecular flexibility index (Phi) is 6.39. The quantitative estimate of drug-likeness (QED) is 0.579. The van der Waals surface area contributed by atoms with Gasteiger partial charge in [-0.15, -0.1) is 10.2 Å². The van der Waals surface area contributed by atoms with E-state index in [1.165, 1.54) is 0 Å². The second-order valence-electron chi connectivity index (χ2n) is 7.41. The van der Waals surface area contributed by atoms with Gasteiger partial charge in [0, 0.05) is 19.3 Å². The highest BCUT2D eigenvalue weighted by molar-refractivity contribution is 7.90. The van der Waals surface area contributed by atoms with Crippen LogP contribution in [0.15, 0.2) is 27.5 Å². The van der Waals surface area contributed by atoms with Gasteiger partial charge in [-0.1, -0.05) is 0 Å². The number of likely N-dealkylation sites (tertiary alicyclic amines) is 1. The number of benzene rings is 1. The highest BCUT2D eigenvalue weighted by Gasteiger charge is 2.41. The Balaban J connectivity index is 1.88. The van der Waals surface area contributed by atoms with Gasteiger partial charge in [0.25, 0.3) is 5.91 Å². The Bertz CT molecular complexity index is 1150. The van der Waals surface area contributed by atoms with Gasteiger partial charge >= 0.3 is 18.2 Å². The molecule has 2 atom stereocenters. The van der Waals surface area contributed by atoms with Gasteiger partial charge < -0.3 is 14.1 Å². The van der Waals surface area contributed by atoms with Crippen LogP contribution in [0.2, 0.25) is 0 Å². The number of carbonyl (C=O) groups is 1. The molecule has 182 valence electrons. The Morgan fingerprint density at radius 3 is 2.42 bits per heavy atom. The lowest BCUT2D eigenvalue weighted by Gasteiger charge is -2.22. The van der Waals surface area contributed by atoms with Crippen LogP contribution in [0.25, 0.3) is 0 Å². The molecule has 8 nitrogen and oxygen atoms in total. The minimum Gasteiger partial charge on any atom is -0.480 e. The maximum atomic E-state index is 13.0. The summed E-state index contributed by atoms with van der Waals surface area (Å²) in [6.07, 6.45) is -10.9. The van der Waals surface area contributed by atoms with Gasteiger partial charge in [0.05, 0.1) is 16.4 Å². The van der Waals surface area contributed by atoms with Gasteiger partial charge in [-0.3, -0.25) is 4.79 Å². The van der Waals surface area contributed by atoms with Crippen molar-refractivity contribution in [2.75, 3.05) is 19.3 Å². The molecule has 0 bridgehead atoms. The molecule has 1 unspecified atom stereocenters. The summed E-state index contributed by atoms with van der Waals surface area (Å²) in [6.45, 7) is 0.554. The minimum atomic E-state index is -4.84. The van der Waals surface area contributed by atoms with Crippen LogP contribution in [0.5, 0.6) is 5.75 Å². The smallest absolute Gasteiger partial charge is 0.470 e.